The lowest BCUT2D eigenvalue weighted by molar-refractivity contribution is -0.138. The summed E-state index contributed by atoms with van der Waals surface area (Å²) in [5, 5.41) is 8.19. The van der Waals surface area contributed by atoms with Crippen molar-refractivity contribution in [1.82, 2.24) is 10.2 Å². The Hall–Kier alpha value is -2.56. The number of carbonyl (C=O) groups is 1. The summed E-state index contributed by atoms with van der Waals surface area (Å²) in [6.07, 6.45) is -4.14. The highest BCUT2D eigenvalue weighted by atomic mass is 32.1. The normalized spacial score (nSPS) is 17.5. The molecular formula is C15H15F3N4O3S. The third-order valence-corrected chi connectivity index (χ3v) is 4.72. The van der Waals surface area contributed by atoms with Gasteiger partial charge in [-0.25, -0.2) is 0 Å². The van der Waals surface area contributed by atoms with E-state index in [0.29, 0.717) is 41.5 Å². The van der Waals surface area contributed by atoms with Crippen molar-refractivity contribution < 1.29 is 27.4 Å². The Balaban J connectivity index is 1.75. The molecule has 1 unspecified atom stereocenters. The number of ether oxygens (including phenoxy) is 2. The van der Waals surface area contributed by atoms with E-state index in [4.69, 9.17) is 9.47 Å². The number of methoxy groups -OCH3 is 2. The quantitative estimate of drug-likeness (QED) is 0.849. The van der Waals surface area contributed by atoms with Crippen LogP contribution in [-0.4, -0.2) is 42.9 Å². The average Bonchev–Trinajstić information content (AvgIpc) is 3.22. The number of anilines is 2. The Bertz CT molecular complexity index is 789. The van der Waals surface area contributed by atoms with Crippen molar-refractivity contribution in [3.05, 3.63) is 23.2 Å². The van der Waals surface area contributed by atoms with Crippen molar-refractivity contribution in [3.8, 4) is 11.5 Å². The third-order valence-electron chi connectivity index (χ3n) is 3.82. The minimum absolute atomic E-state index is 0.0410. The molecule has 0 radical (unpaired) electrons. The number of halogens is 3. The summed E-state index contributed by atoms with van der Waals surface area (Å²) in [5.74, 6) is 0.786. The van der Waals surface area contributed by atoms with Crippen LogP contribution in [0.5, 0.6) is 11.5 Å². The zero-order chi connectivity index (χ0) is 18.9. The van der Waals surface area contributed by atoms with Crippen LogP contribution in [0.3, 0.4) is 0 Å². The lowest BCUT2D eigenvalue weighted by atomic mass is 10.2. The van der Waals surface area contributed by atoms with Gasteiger partial charge in [0, 0.05) is 24.7 Å². The molecule has 1 fully saturated rings. The molecule has 1 aliphatic rings. The Kier molecular flexibility index (Phi) is 4.90. The van der Waals surface area contributed by atoms with Crippen LogP contribution in [0.1, 0.15) is 11.4 Å². The monoisotopic (exact) mass is 388 g/mol. The number of alkyl halides is 3. The summed E-state index contributed by atoms with van der Waals surface area (Å²) >= 11 is 0.369. The van der Waals surface area contributed by atoms with Crippen LogP contribution in [0, 0.1) is 0 Å². The van der Waals surface area contributed by atoms with E-state index in [1.807, 2.05) is 0 Å². The molecule has 0 spiro atoms. The number of carbonyl (C=O) groups excluding carboxylic acids is 1. The minimum atomic E-state index is -4.56. The molecule has 1 N–H and O–H groups in total. The van der Waals surface area contributed by atoms with Crippen molar-refractivity contribution in [2.75, 3.05) is 31.0 Å². The Morgan fingerprint density at radius 1 is 1.19 bits per heavy atom. The number of benzene rings is 1. The number of aromatic nitrogens is 2. The number of hydrogen-bond acceptors (Lipinski definition) is 7. The highest BCUT2D eigenvalue weighted by Gasteiger charge is 2.37. The summed E-state index contributed by atoms with van der Waals surface area (Å²) in [4.78, 5) is 14.2. The van der Waals surface area contributed by atoms with Crippen LogP contribution in [0.15, 0.2) is 18.2 Å². The molecule has 1 saturated heterocycles. The van der Waals surface area contributed by atoms with Crippen molar-refractivity contribution in [2.45, 2.75) is 18.6 Å². The molecule has 2 aromatic rings. The summed E-state index contributed by atoms with van der Waals surface area (Å²) in [6, 6.07) is 4.38. The number of rotatable bonds is 5. The fourth-order valence-electron chi connectivity index (χ4n) is 2.56. The Labute approximate surface area is 150 Å². The Morgan fingerprint density at radius 2 is 1.85 bits per heavy atom. The van der Waals surface area contributed by atoms with Crippen LogP contribution in [0.4, 0.5) is 24.0 Å². The molecule has 1 atom stereocenters. The van der Waals surface area contributed by atoms with Gasteiger partial charge in [-0.3, -0.25) is 4.79 Å². The van der Waals surface area contributed by atoms with Crippen molar-refractivity contribution in [2.24, 2.45) is 0 Å². The topological polar surface area (TPSA) is 76.6 Å². The van der Waals surface area contributed by atoms with Crippen LogP contribution in [0.25, 0.3) is 0 Å². The zero-order valence-electron chi connectivity index (χ0n) is 13.8. The predicted octanol–water partition coefficient (Wildman–Crippen LogP) is 2.79. The second kappa shape index (κ2) is 6.98. The first-order valence-corrected chi connectivity index (χ1v) is 8.35. The van der Waals surface area contributed by atoms with Crippen LogP contribution in [-0.2, 0) is 11.0 Å². The molecule has 7 nitrogen and oxygen atoms in total. The Morgan fingerprint density at radius 3 is 2.38 bits per heavy atom. The molecule has 2 heterocycles. The number of nitrogens with zero attached hydrogens (tertiary/aromatic N) is 3. The maximum atomic E-state index is 12.6. The smallest absolute Gasteiger partial charge is 0.445 e. The fraction of sp³-hybridized carbons (Fsp3) is 0.400. The first-order chi connectivity index (χ1) is 12.3. The van der Waals surface area contributed by atoms with Gasteiger partial charge in [-0.15, -0.1) is 10.2 Å². The van der Waals surface area contributed by atoms with Gasteiger partial charge >= 0.3 is 6.18 Å². The van der Waals surface area contributed by atoms with E-state index in [1.54, 1.807) is 18.2 Å². The zero-order valence-corrected chi connectivity index (χ0v) is 14.6. The predicted molar refractivity (Wildman–Crippen MR) is 88.8 cm³/mol. The lowest BCUT2D eigenvalue weighted by Gasteiger charge is -2.18. The average molecular weight is 388 g/mol. The third kappa shape index (κ3) is 3.66. The summed E-state index contributed by atoms with van der Waals surface area (Å²) in [6.45, 7) is 0.401. The number of amides is 1. The number of nitrogens with one attached hydrogen (secondary N) is 1. The molecule has 1 aliphatic heterocycles. The minimum Gasteiger partial charge on any atom is -0.497 e. The molecule has 1 aromatic carbocycles. The van der Waals surface area contributed by atoms with Gasteiger partial charge in [-0.2, -0.15) is 13.2 Å². The van der Waals surface area contributed by atoms with E-state index in [2.05, 4.69) is 15.5 Å². The standard InChI is InChI=1S/C15H15F3N4O3S/c1-24-9-5-8(6-10(7-9)25-2)22-4-3-11(12(22)23)19-14-21-20-13(26-14)15(16,17)18/h5-7,11H,3-4H2,1-2H3,(H,19,21). The molecule has 0 bridgehead atoms. The van der Waals surface area contributed by atoms with Gasteiger partial charge in [0.05, 0.1) is 19.9 Å². The van der Waals surface area contributed by atoms with E-state index < -0.39 is 17.2 Å². The van der Waals surface area contributed by atoms with Gasteiger partial charge in [0.2, 0.25) is 16.0 Å². The summed E-state index contributed by atoms with van der Waals surface area (Å²) in [7, 11) is 3.00. The second-order valence-corrected chi connectivity index (χ2v) is 6.43. The SMILES string of the molecule is COc1cc(OC)cc(N2CCC(Nc3nnc(C(F)(F)F)s3)C2=O)c1. The second-order valence-electron chi connectivity index (χ2n) is 5.46. The van der Waals surface area contributed by atoms with Crippen molar-refractivity contribution in [1.29, 1.82) is 0 Å². The molecule has 0 aliphatic carbocycles. The highest BCUT2D eigenvalue weighted by Crippen LogP contribution is 2.35. The van der Waals surface area contributed by atoms with E-state index in [1.165, 1.54) is 19.1 Å². The first-order valence-electron chi connectivity index (χ1n) is 7.53. The first kappa shape index (κ1) is 18.2. The molecule has 26 heavy (non-hydrogen) atoms. The summed E-state index contributed by atoms with van der Waals surface area (Å²) < 4.78 is 48.2. The molecule has 11 heteroatoms. The molecule has 1 amide bonds. The molecule has 0 saturated carbocycles. The molecule has 140 valence electrons. The lowest BCUT2D eigenvalue weighted by Crippen LogP contribution is -2.33. The fourth-order valence-corrected chi connectivity index (χ4v) is 3.23. The largest absolute Gasteiger partial charge is 0.497 e. The maximum Gasteiger partial charge on any atom is 0.445 e. The van der Waals surface area contributed by atoms with E-state index in [9.17, 15) is 18.0 Å². The maximum absolute atomic E-state index is 12.6. The number of hydrogen-bond donors (Lipinski definition) is 1. The van der Waals surface area contributed by atoms with Gasteiger partial charge in [-0.05, 0) is 6.42 Å². The van der Waals surface area contributed by atoms with Gasteiger partial charge in [0.15, 0.2) is 0 Å². The van der Waals surface area contributed by atoms with Crippen LogP contribution < -0.4 is 19.7 Å². The van der Waals surface area contributed by atoms with Gasteiger partial charge < -0.3 is 19.7 Å². The molecule has 1 aromatic heterocycles. The van der Waals surface area contributed by atoms with Gasteiger partial charge in [0.25, 0.3) is 0 Å². The van der Waals surface area contributed by atoms with Crippen LogP contribution in [0.2, 0.25) is 0 Å². The molecule has 3 rings (SSSR count). The van der Waals surface area contributed by atoms with Crippen LogP contribution >= 0.6 is 11.3 Å². The van der Waals surface area contributed by atoms with Gasteiger partial charge in [0.1, 0.15) is 17.5 Å². The van der Waals surface area contributed by atoms with Crippen molar-refractivity contribution in [3.63, 3.8) is 0 Å². The summed E-state index contributed by atoms with van der Waals surface area (Å²) in [5.41, 5.74) is 0.587. The van der Waals surface area contributed by atoms with E-state index in [0.717, 1.165) is 0 Å². The van der Waals surface area contributed by atoms with Crippen molar-refractivity contribution >= 4 is 28.1 Å². The highest BCUT2D eigenvalue weighted by molar-refractivity contribution is 7.15. The van der Waals surface area contributed by atoms with E-state index in [-0.39, 0.29) is 11.0 Å². The van der Waals surface area contributed by atoms with E-state index >= 15 is 0 Å². The molecular weight excluding hydrogens is 373 g/mol. The van der Waals surface area contributed by atoms with Gasteiger partial charge in [-0.1, -0.05) is 11.3 Å².